The molecule has 18 heavy (non-hydrogen) atoms. The van der Waals surface area contributed by atoms with Crippen molar-refractivity contribution in [2.24, 2.45) is 5.92 Å². The highest BCUT2D eigenvalue weighted by molar-refractivity contribution is 5.96. The maximum atomic E-state index is 11.8. The molecule has 2 rings (SSSR count). The molecule has 0 aromatic heterocycles. The summed E-state index contributed by atoms with van der Waals surface area (Å²) in [5, 5.41) is 13.6. The number of hydrogen-bond acceptors (Lipinski definition) is 3. The summed E-state index contributed by atoms with van der Waals surface area (Å²) in [7, 11) is 0. The van der Waals surface area contributed by atoms with Gasteiger partial charge in [-0.05, 0) is 30.9 Å². The summed E-state index contributed by atoms with van der Waals surface area (Å²) < 4.78 is 0. The van der Waals surface area contributed by atoms with Crippen molar-refractivity contribution in [3.63, 3.8) is 0 Å². The van der Waals surface area contributed by atoms with Gasteiger partial charge >= 0.3 is 0 Å². The van der Waals surface area contributed by atoms with E-state index in [1.54, 1.807) is 13.0 Å². The first kappa shape index (κ1) is 12.3. The second kappa shape index (κ2) is 4.60. The number of non-ortho nitro benzene ring substituents is 1. The number of benzene rings is 1. The summed E-state index contributed by atoms with van der Waals surface area (Å²) in [6.45, 7) is 5.38. The van der Waals surface area contributed by atoms with E-state index in [4.69, 9.17) is 0 Å². The molecular formula is C13H14N2O3. The number of rotatable bonds is 3. The summed E-state index contributed by atoms with van der Waals surface area (Å²) in [6, 6.07) is 3.02. The molecule has 1 N–H and O–H groups in total. The average molecular weight is 246 g/mol. The number of nitro groups is 1. The zero-order valence-electron chi connectivity index (χ0n) is 10.1. The van der Waals surface area contributed by atoms with Crippen LogP contribution < -0.4 is 5.32 Å². The Morgan fingerprint density at radius 1 is 1.61 bits per heavy atom. The molecule has 0 fully saturated rings. The third kappa shape index (κ3) is 2.11. The lowest BCUT2D eigenvalue weighted by Crippen LogP contribution is -2.30. The fourth-order valence-electron chi connectivity index (χ4n) is 2.26. The molecule has 1 heterocycles. The van der Waals surface area contributed by atoms with Crippen LogP contribution in [0.5, 0.6) is 0 Å². The monoisotopic (exact) mass is 246 g/mol. The molecule has 1 aliphatic heterocycles. The Hall–Kier alpha value is -2.17. The Morgan fingerprint density at radius 2 is 2.33 bits per heavy atom. The lowest BCUT2D eigenvalue weighted by molar-refractivity contribution is -0.385. The first-order valence-electron chi connectivity index (χ1n) is 5.72. The predicted octanol–water partition coefficient (Wildman–Crippen LogP) is 2.59. The minimum Gasteiger partial charge on any atom is -0.325 e. The van der Waals surface area contributed by atoms with Crippen molar-refractivity contribution in [3.8, 4) is 0 Å². The summed E-state index contributed by atoms with van der Waals surface area (Å²) in [4.78, 5) is 22.2. The van der Waals surface area contributed by atoms with Gasteiger partial charge in [-0.15, -0.1) is 6.58 Å². The normalized spacial score (nSPS) is 17.8. The molecule has 1 unspecified atom stereocenters. The van der Waals surface area contributed by atoms with E-state index in [0.29, 0.717) is 18.5 Å². The van der Waals surface area contributed by atoms with Gasteiger partial charge in [-0.2, -0.15) is 0 Å². The molecule has 94 valence electrons. The minimum atomic E-state index is -0.411. The van der Waals surface area contributed by atoms with Crippen LogP contribution >= 0.6 is 0 Å². The molecule has 0 radical (unpaired) electrons. The van der Waals surface area contributed by atoms with Gasteiger partial charge in [0.05, 0.1) is 4.92 Å². The second-order valence-corrected chi connectivity index (χ2v) is 4.47. The van der Waals surface area contributed by atoms with E-state index in [9.17, 15) is 14.9 Å². The van der Waals surface area contributed by atoms with Gasteiger partial charge in [0.2, 0.25) is 5.91 Å². The highest BCUT2D eigenvalue weighted by Gasteiger charge is 2.27. The van der Waals surface area contributed by atoms with Crippen LogP contribution in [0.25, 0.3) is 0 Å². The Morgan fingerprint density at radius 3 is 2.94 bits per heavy atom. The van der Waals surface area contributed by atoms with Crippen molar-refractivity contribution < 1.29 is 9.72 Å². The van der Waals surface area contributed by atoms with E-state index >= 15 is 0 Å². The molecular weight excluding hydrogens is 232 g/mol. The molecule has 0 aliphatic carbocycles. The number of nitrogens with one attached hydrogen (secondary N) is 1. The number of aryl methyl sites for hydroxylation is 1. The molecule has 0 saturated carbocycles. The maximum absolute atomic E-state index is 11.8. The van der Waals surface area contributed by atoms with Crippen LogP contribution in [0.3, 0.4) is 0 Å². The molecule has 0 saturated heterocycles. The van der Waals surface area contributed by atoms with Gasteiger partial charge in [0.25, 0.3) is 5.69 Å². The highest BCUT2D eigenvalue weighted by Crippen LogP contribution is 2.33. The smallest absolute Gasteiger partial charge is 0.270 e. The summed E-state index contributed by atoms with van der Waals surface area (Å²) in [5.74, 6) is -0.226. The zero-order valence-corrected chi connectivity index (χ0v) is 10.1. The van der Waals surface area contributed by atoms with Crippen LogP contribution in [-0.4, -0.2) is 10.8 Å². The van der Waals surface area contributed by atoms with E-state index in [0.717, 1.165) is 11.1 Å². The molecule has 1 amide bonds. The van der Waals surface area contributed by atoms with Crippen molar-refractivity contribution >= 4 is 17.3 Å². The fourth-order valence-corrected chi connectivity index (χ4v) is 2.26. The van der Waals surface area contributed by atoms with E-state index in [1.165, 1.54) is 12.1 Å². The van der Waals surface area contributed by atoms with Crippen LogP contribution in [0, 0.1) is 23.0 Å². The largest absolute Gasteiger partial charge is 0.325 e. The van der Waals surface area contributed by atoms with Crippen LogP contribution in [0.15, 0.2) is 24.8 Å². The minimum absolute atomic E-state index is 0.0423. The van der Waals surface area contributed by atoms with Crippen LogP contribution in [0.2, 0.25) is 0 Å². The van der Waals surface area contributed by atoms with Crippen LogP contribution in [-0.2, 0) is 11.2 Å². The van der Waals surface area contributed by atoms with E-state index in [-0.39, 0.29) is 17.5 Å². The number of allylic oxidation sites excluding steroid dienone is 1. The number of nitro benzene ring substituents is 1. The maximum Gasteiger partial charge on any atom is 0.270 e. The molecule has 0 bridgehead atoms. The molecule has 5 heteroatoms. The average Bonchev–Trinajstić information content (AvgIpc) is 2.31. The topological polar surface area (TPSA) is 72.2 Å². The summed E-state index contributed by atoms with van der Waals surface area (Å²) in [5.41, 5.74) is 2.34. The van der Waals surface area contributed by atoms with Crippen LogP contribution in [0.4, 0.5) is 11.4 Å². The fraction of sp³-hybridized carbons (Fsp3) is 0.308. The van der Waals surface area contributed by atoms with Gasteiger partial charge in [-0.1, -0.05) is 6.08 Å². The Balaban J connectivity index is 2.43. The number of amides is 1. The first-order chi connectivity index (χ1) is 8.52. The van der Waals surface area contributed by atoms with Gasteiger partial charge in [0.15, 0.2) is 0 Å². The third-order valence-corrected chi connectivity index (χ3v) is 3.15. The first-order valence-corrected chi connectivity index (χ1v) is 5.72. The molecule has 1 aromatic rings. The second-order valence-electron chi connectivity index (χ2n) is 4.47. The van der Waals surface area contributed by atoms with Crippen molar-refractivity contribution in [2.75, 3.05) is 5.32 Å². The molecule has 1 atom stereocenters. The van der Waals surface area contributed by atoms with Crippen molar-refractivity contribution in [3.05, 3.63) is 46.0 Å². The molecule has 0 spiro atoms. The number of hydrogen-bond donors (Lipinski definition) is 1. The number of anilines is 1. The van der Waals surface area contributed by atoms with Crippen molar-refractivity contribution in [2.45, 2.75) is 19.8 Å². The predicted molar refractivity (Wildman–Crippen MR) is 68.5 cm³/mol. The molecule has 5 nitrogen and oxygen atoms in total. The van der Waals surface area contributed by atoms with Gasteiger partial charge in [-0.3, -0.25) is 14.9 Å². The Bertz CT molecular complexity index is 537. The van der Waals surface area contributed by atoms with Gasteiger partial charge in [0, 0.05) is 23.7 Å². The molecule has 1 aliphatic rings. The quantitative estimate of drug-likeness (QED) is 0.506. The van der Waals surface area contributed by atoms with Crippen LogP contribution in [0.1, 0.15) is 17.5 Å². The van der Waals surface area contributed by atoms with Gasteiger partial charge < -0.3 is 5.32 Å². The van der Waals surface area contributed by atoms with Gasteiger partial charge in [-0.25, -0.2) is 0 Å². The number of carbonyl (C=O) groups is 1. The van der Waals surface area contributed by atoms with Gasteiger partial charge in [0.1, 0.15) is 0 Å². The standard InChI is InChI=1S/C13H14N2O3/c1-3-4-9-6-10-7-11(15(17)18)5-8(2)12(10)14-13(9)16/h3,5,7,9H,1,4,6H2,2H3,(H,14,16). The van der Waals surface area contributed by atoms with Crippen molar-refractivity contribution in [1.82, 2.24) is 0 Å². The summed E-state index contributed by atoms with van der Waals surface area (Å²) >= 11 is 0. The van der Waals surface area contributed by atoms with E-state index in [1.807, 2.05) is 0 Å². The Labute approximate surface area is 105 Å². The Kier molecular flexibility index (Phi) is 3.14. The summed E-state index contributed by atoms with van der Waals surface area (Å²) in [6.07, 6.45) is 2.79. The molecule has 1 aromatic carbocycles. The lowest BCUT2D eigenvalue weighted by Gasteiger charge is -2.25. The lowest BCUT2D eigenvalue weighted by atomic mass is 9.89. The van der Waals surface area contributed by atoms with Crippen molar-refractivity contribution in [1.29, 1.82) is 0 Å². The number of nitrogens with zero attached hydrogens (tertiary/aromatic N) is 1. The number of carbonyl (C=O) groups excluding carboxylic acids is 1. The SMILES string of the molecule is C=CCC1Cc2cc([N+](=O)[O-])cc(C)c2NC1=O. The highest BCUT2D eigenvalue weighted by atomic mass is 16.6. The third-order valence-electron chi connectivity index (χ3n) is 3.15. The van der Waals surface area contributed by atoms with E-state index < -0.39 is 4.92 Å². The number of fused-ring (bicyclic) bond motifs is 1. The zero-order chi connectivity index (χ0) is 13.3. The van der Waals surface area contributed by atoms with E-state index in [2.05, 4.69) is 11.9 Å².